The molecule has 0 aliphatic rings. The van der Waals surface area contributed by atoms with Crippen molar-refractivity contribution in [1.29, 1.82) is 0 Å². The van der Waals surface area contributed by atoms with Gasteiger partial charge >= 0.3 is 0 Å². The van der Waals surface area contributed by atoms with Gasteiger partial charge in [-0.05, 0) is 6.42 Å². The summed E-state index contributed by atoms with van der Waals surface area (Å²) in [6, 6.07) is -1.43. The summed E-state index contributed by atoms with van der Waals surface area (Å²) in [5, 5.41) is 8.99. The van der Waals surface area contributed by atoms with Gasteiger partial charge in [0.25, 0.3) is 5.92 Å². The van der Waals surface area contributed by atoms with Crippen molar-refractivity contribution >= 4 is 0 Å². The van der Waals surface area contributed by atoms with Crippen LogP contribution in [0.15, 0.2) is 0 Å². The summed E-state index contributed by atoms with van der Waals surface area (Å²) in [4.78, 5) is 0. The Hall–Kier alpha value is -0.220. The molecule has 0 bridgehead atoms. The van der Waals surface area contributed by atoms with Crippen LogP contribution in [-0.4, -0.2) is 23.2 Å². The van der Waals surface area contributed by atoms with E-state index in [9.17, 15) is 8.78 Å². The molecule has 0 aliphatic carbocycles. The second-order valence-electron chi connectivity index (χ2n) is 2.62. The largest absolute Gasteiger partial charge is 0.391 e. The third-order valence-electron chi connectivity index (χ3n) is 1.79. The van der Waals surface area contributed by atoms with E-state index >= 15 is 0 Å². The van der Waals surface area contributed by atoms with Crippen LogP contribution < -0.4 is 5.73 Å². The Balaban J connectivity index is 4.10. The lowest BCUT2D eigenvalue weighted by Crippen LogP contribution is -2.48. The minimum absolute atomic E-state index is 0.261. The van der Waals surface area contributed by atoms with Crippen LogP contribution in [0.25, 0.3) is 0 Å². The summed E-state index contributed by atoms with van der Waals surface area (Å²) in [6.07, 6.45) is -1.17. The number of hydrogen-bond donors (Lipinski definition) is 2. The van der Waals surface area contributed by atoms with Crippen molar-refractivity contribution in [1.82, 2.24) is 0 Å². The molecule has 0 aromatic carbocycles. The Bertz CT molecular complexity index is 119. The Kier molecular flexibility index (Phi) is 3.89. The van der Waals surface area contributed by atoms with Crippen molar-refractivity contribution in [3.63, 3.8) is 0 Å². The van der Waals surface area contributed by atoms with E-state index in [-0.39, 0.29) is 12.8 Å². The number of aliphatic hydroxyl groups excluding tert-OH is 1. The maximum absolute atomic E-state index is 12.7. The average molecular weight is 167 g/mol. The van der Waals surface area contributed by atoms with Gasteiger partial charge in [-0.2, -0.15) is 0 Å². The molecule has 68 valence electrons. The van der Waals surface area contributed by atoms with Crippen LogP contribution in [0.3, 0.4) is 0 Å². The van der Waals surface area contributed by atoms with Crippen LogP contribution in [0.4, 0.5) is 8.78 Å². The van der Waals surface area contributed by atoms with Crippen LogP contribution >= 0.6 is 0 Å². The van der Waals surface area contributed by atoms with Gasteiger partial charge in [0.1, 0.15) is 0 Å². The lowest BCUT2D eigenvalue weighted by atomic mass is 10.0. The van der Waals surface area contributed by atoms with Crippen molar-refractivity contribution in [3.05, 3.63) is 0 Å². The van der Waals surface area contributed by atoms with Crippen LogP contribution in [0.2, 0.25) is 0 Å². The summed E-state index contributed by atoms with van der Waals surface area (Å²) < 4.78 is 25.4. The summed E-state index contributed by atoms with van der Waals surface area (Å²) in [5.41, 5.74) is 5.12. The van der Waals surface area contributed by atoms with Crippen LogP contribution in [-0.2, 0) is 0 Å². The van der Waals surface area contributed by atoms with Crippen molar-refractivity contribution in [2.45, 2.75) is 44.8 Å². The third kappa shape index (κ3) is 2.71. The van der Waals surface area contributed by atoms with Gasteiger partial charge < -0.3 is 10.8 Å². The second-order valence-corrected chi connectivity index (χ2v) is 2.62. The van der Waals surface area contributed by atoms with Gasteiger partial charge in [-0.15, -0.1) is 0 Å². The molecule has 11 heavy (non-hydrogen) atoms. The minimum Gasteiger partial charge on any atom is -0.391 e. The number of nitrogens with two attached hydrogens (primary N) is 1. The molecule has 3 N–H and O–H groups in total. The topological polar surface area (TPSA) is 46.2 Å². The zero-order valence-electron chi connectivity index (χ0n) is 6.85. The second kappa shape index (κ2) is 3.97. The number of aliphatic hydroxyl groups is 1. The van der Waals surface area contributed by atoms with Crippen molar-refractivity contribution in [3.8, 4) is 0 Å². The van der Waals surface area contributed by atoms with Crippen LogP contribution in [0.5, 0.6) is 0 Å². The molecule has 0 fully saturated rings. The normalized spacial score (nSPS) is 18.0. The highest BCUT2D eigenvalue weighted by atomic mass is 19.3. The fourth-order valence-electron chi connectivity index (χ4n) is 0.771. The zero-order valence-corrected chi connectivity index (χ0v) is 6.85. The maximum atomic E-state index is 12.7. The third-order valence-corrected chi connectivity index (χ3v) is 1.79. The smallest absolute Gasteiger partial charge is 0.265 e. The lowest BCUT2D eigenvalue weighted by Gasteiger charge is -2.25. The molecule has 0 saturated heterocycles. The number of alkyl halides is 2. The molecule has 0 aromatic rings. The average Bonchev–Trinajstić information content (AvgIpc) is 2.01. The fraction of sp³-hybridized carbons (Fsp3) is 1.00. The molecular formula is C7H15F2NO. The van der Waals surface area contributed by atoms with E-state index < -0.39 is 18.1 Å². The Morgan fingerprint density at radius 1 is 1.45 bits per heavy atom. The first kappa shape index (κ1) is 10.8. The van der Waals surface area contributed by atoms with Gasteiger partial charge in [0.15, 0.2) is 0 Å². The van der Waals surface area contributed by atoms with Gasteiger partial charge in [-0.1, -0.05) is 13.8 Å². The summed E-state index contributed by atoms with van der Waals surface area (Å²) in [7, 11) is 0. The molecule has 0 heterocycles. The van der Waals surface area contributed by atoms with E-state index in [0.717, 1.165) is 0 Å². The van der Waals surface area contributed by atoms with Gasteiger partial charge in [0.05, 0.1) is 12.1 Å². The lowest BCUT2D eigenvalue weighted by molar-refractivity contribution is -0.0677. The Morgan fingerprint density at radius 3 is 2.18 bits per heavy atom. The van der Waals surface area contributed by atoms with Gasteiger partial charge in [0, 0.05) is 6.42 Å². The SMILES string of the molecule is CCC(O)C(N)C(F)(F)CC. The van der Waals surface area contributed by atoms with E-state index in [4.69, 9.17) is 10.8 Å². The highest BCUT2D eigenvalue weighted by Gasteiger charge is 2.38. The van der Waals surface area contributed by atoms with Crippen molar-refractivity contribution in [2.24, 2.45) is 5.73 Å². The maximum Gasteiger partial charge on any atom is 0.265 e. The number of hydrogen-bond acceptors (Lipinski definition) is 2. The summed E-state index contributed by atoms with van der Waals surface area (Å²) in [6.45, 7) is 2.97. The molecule has 2 unspecified atom stereocenters. The molecule has 0 aliphatic heterocycles. The van der Waals surface area contributed by atoms with E-state index in [2.05, 4.69) is 0 Å². The molecule has 2 nitrogen and oxygen atoms in total. The molecule has 0 spiro atoms. The molecule has 0 radical (unpaired) electrons. The minimum atomic E-state index is -2.95. The number of rotatable bonds is 4. The van der Waals surface area contributed by atoms with Crippen LogP contribution in [0.1, 0.15) is 26.7 Å². The first-order chi connectivity index (χ1) is 4.95. The Morgan fingerprint density at radius 2 is 1.91 bits per heavy atom. The predicted molar refractivity (Wildman–Crippen MR) is 39.5 cm³/mol. The van der Waals surface area contributed by atoms with Crippen LogP contribution in [0, 0.1) is 0 Å². The quantitative estimate of drug-likeness (QED) is 0.659. The van der Waals surface area contributed by atoms with Gasteiger partial charge in [-0.25, -0.2) is 8.78 Å². The molecule has 0 saturated carbocycles. The van der Waals surface area contributed by atoms with E-state index in [0.29, 0.717) is 0 Å². The standard InChI is InChI=1S/C7H15F2NO/c1-3-5(11)6(10)7(8,9)4-2/h5-6,11H,3-4,10H2,1-2H3. The predicted octanol–water partition coefficient (Wildman–Crippen LogP) is 1.13. The van der Waals surface area contributed by atoms with E-state index in [1.807, 2.05) is 0 Å². The molecule has 0 aromatic heterocycles. The monoisotopic (exact) mass is 167 g/mol. The highest BCUT2D eigenvalue weighted by molar-refractivity contribution is 4.84. The van der Waals surface area contributed by atoms with Gasteiger partial charge in [-0.3, -0.25) is 0 Å². The van der Waals surface area contributed by atoms with Gasteiger partial charge in [0.2, 0.25) is 0 Å². The van der Waals surface area contributed by atoms with Crippen molar-refractivity contribution in [2.75, 3.05) is 0 Å². The summed E-state index contributed by atoms with van der Waals surface area (Å²) in [5.74, 6) is -2.95. The van der Waals surface area contributed by atoms with Crippen molar-refractivity contribution < 1.29 is 13.9 Å². The summed E-state index contributed by atoms with van der Waals surface area (Å²) >= 11 is 0. The molecule has 0 amide bonds. The Labute approximate surface area is 65.4 Å². The molecular weight excluding hydrogens is 152 g/mol. The molecule has 2 atom stereocenters. The first-order valence-corrected chi connectivity index (χ1v) is 3.77. The van der Waals surface area contributed by atoms with E-state index in [1.165, 1.54) is 6.92 Å². The highest BCUT2D eigenvalue weighted by Crippen LogP contribution is 2.23. The number of halogens is 2. The first-order valence-electron chi connectivity index (χ1n) is 3.77. The zero-order chi connectivity index (χ0) is 9.07. The fourth-order valence-corrected chi connectivity index (χ4v) is 0.771. The van der Waals surface area contributed by atoms with E-state index in [1.54, 1.807) is 6.92 Å². The molecule has 0 rings (SSSR count). The molecule has 4 heteroatoms.